The highest BCUT2D eigenvalue weighted by atomic mass is 32.2. The molecule has 0 spiro atoms. The van der Waals surface area contributed by atoms with Crippen LogP contribution in [-0.2, 0) is 4.79 Å². The molecule has 2 aromatic rings. The molecule has 8 heteroatoms. The maximum atomic E-state index is 12.4. The number of rotatable bonds is 4. The number of hydrogen-bond donors (Lipinski definition) is 2. The Hall–Kier alpha value is -2.84. The summed E-state index contributed by atoms with van der Waals surface area (Å²) in [6, 6.07) is 9.58. The van der Waals surface area contributed by atoms with Crippen molar-refractivity contribution in [1.29, 1.82) is 0 Å². The second-order valence-corrected chi connectivity index (χ2v) is 6.55. The molecule has 1 aliphatic heterocycles. The summed E-state index contributed by atoms with van der Waals surface area (Å²) in [4.78, 5) is 24.9. The van der Waals surface area contributed by atoms with Gasteiger partial charge in [0.2, 0.25) is 0 Å². The first-order valence-corrected chi connectivity index (χ1v) is 8.36. The van der Waals surface area contributed by atoms with Gasteiger partial charge in [-0.1, -0.05) is 30.0 Å². The zero-order valence-corrected chi connectivity index (χ0v) is 14.3. The Balaban J connectivity index is 1.71. The van der Waals surface area contributed by atoms with E-state index >= 15 is 0 Å². The normalized spacial score (nSPS) is 16.2. The highest BCUT2D eigenvalue weighted by molar-refractivity contribution is 8.26. The minimum atomic E-state index is -0.623. The van der Waals surface area contributed by atoms with E-state index in [4.69, 9.17) is 16.6 Å². The van der Waals surface area contributed by atoms with Crippen molar-refractivity contribution in [2.75, 3.05) is 0 Å². The van der Waals surface area contributed by atoms with Crippen LogP contribution >= 0.6 is 24.0 Å². The van der Waals surface area contributed by atoms with Crippen LogP contribution in [-0.4, -0.2) is 26.3 Å². The zero-order chi connectivity index (χ0) is 17.8. The van der Waals surface area contributed by atoms with Gasteiger partial charge >= 0.3 is 0 Å². The molecule has 1 saturated heterocycles. The summed E-state index contributed by atoms with van der Waals surface area (Å²) in [6.45, 7) is 0. The quantitative estimate of drug-likeness (QED) is 0.634. The summed E-state index contributed by atoms with van der Waals surface area (Å²) in [7, 11) is 0. The minimum absolute atomic E-state index is 0.0539. The summed E-state index contributed by atoms with van der Waals surface area (Å²) in [5.41, 5.74) is 2.46. The fourth-order valence-corrected chi connectivity index (χ4v) is 3.15. The van der Waals surface area contributed by atoms with Crippen LogP contribution in [0.1, 0.15) is 16.1 Å². The molecule has 0 bridgehead atoms. The molecule has 0 saturated carbocycles. The molecule has 0 atom stereocenters. The fourth-order valence-electron chi connectivity index (χ4n) is 2.02. The third-order valence-electron chi connectivity index (χ3n) is 3.21. The van der Waals surface area contributed by atoms with Crippen LogP contribution in [0.4, 0.5) is 0 Å². The predicted molar refractivity (Wildman–Crippen MR) is 98.4 cm³/mol. The number of nitrogens with one attached hydrogen (secondary N) is 1. The van der Waals surface area contributed by atoms with Crippen molar-refractivity contribution in [3.05, 3.63) is 71.0 Å². The van der Waals surface area contributed by atoms with E-state index in [1.807, 2.05) is 0 Å². The Kier molecular flexibility index (Phi) is 5.01. The number of benzene rings is 1. The van der Waals surface area contributed by atoms with E-state index in [1.54, 1.807) is 48.8 Å². The summed E-state index contributed by atoms with van der Waals surface area (Å²) in [6.07, 6.45) is 6.50. The van der Waals surface area contributed by atoms with Crippen molar-refractivity contribution in [2.45, 2.75) is 0 Å². The molecule has 2 heterocycles. The fraction of sp³-hybridized carbons (Fsp3) is 0. The first-order valence-electron chi connectivity index (χ1n) is 7.13. The molecule has 3 rings (SSSR count). The maximum absolute atomic E-state index is 12.4. The topological polar surface area (TPSA) is 82.8 Å². The largest absolute Gasteiger partial charge is 0.507 e. The first kappa shape index (κ1) is 17.0. The number of hydrogen-bond acceptors (Lipinski definition) is 6. The molecule has 6 nitrogen and oxygen atoms in total. The molecule has 1 aromatic carbocycles. The summed E-state index contributed by atoms with van der Waals surface area (Å²) in [5, 5.41) is 10.7. The highest BCUT2D eigenvalue weighted by Crippen LogP contribution is 2.30. The van der Waals surface area contributed by atoms with Gasteiger partial charge in [0, 0.05) is 0 Å². The van der Waals surface area contributed by atoms with Crippen molar-refractivity contribution in [3.8, 4) is 5.75 Å². The van der Waals surface area contributed by atoms with Crippen LogP contribution in [0.15, 0.2) is 64.1 Å². The number of furan rings is 1. The first-order chi connectivity index (χ1) is 12.1. The molecule has 0 aliphatic carbocycles. The van der Waals surface area contributed by atoms with E-state index in [0.717, 1.165) is 16.8 Å². The van der Waals surface area contributed by atoms with Gasteiger partial charge in [-0.25, -0.2) is 0 Å². The molecule has 0 radical (unpaired) electrons. The number of thioether (sulfide) groups is 1. The number of thiocarbonyl (C=S) groups is 1. The SMILES string of the molecule is O=C(NN1C(=O)/C(=C\C=C\c2ccco2)SC1=S)c1ccccc1O. The lowest BCUT2D eigenvalue weighted by atomic mass is 10.2. The second kappa shape index (κ2) is 7.37. The van der Waals surface area contributed by atoms with E-state index < -0.39 is 11.8 Å². The van der Waals surface area contributed by atoms with Crippen molar-refractivity contribution in [1.82, 2.24) is 10.4 Å². The van der Waals surface area contributed by atoms with Gasteiger partial charge in [0.15, 0.2) is 4.32 Å². The number of phenolic OH excluding ortho intramolecular Hbond substituents is 1. The molecule has 2 amide bonds. The van der Waals surface area contributed by atoms with Crippen molar-refractivity contribution >= 4 is 46.2 Å². The van der Waals surface area contributed by atoms with Crippen LogP contribution in [0.25, 0.3) is 6.08 Å². The van der Waals surface area contributed by atoms with Crippen LogP contribution in [0.3, 0.4) is 0 Å². The molecule has 1 aliphatic rings. The monoisotopic (exact) mass is 372 g/mol. The van der Waals surface area contributed by atoms with E-state index in [2.05, 4.69) is 5.43 Å². The highest BCUT2D eigenvalue weighted by Gasteiger charge is 2.33. The number of para-hydroxylation sites is 1. The maximum Gasteiger partial charge on any atom is 0.285 e. The molecule has 126 valence electrons. The number of nitrogens with zero attached hydrogens (tertiary/aromatic N) is 1. The third kappa shape index (κ3) is 3.81. The number of amides is 2. The number of phenols is 1. The summed E-state index contributed by atoms with van der Waals surface area (Å²) in [5.74, 6) is -0.591. The average molecular weight is 372 g/mol. The number of aromatic hydroxyl groups is 1. The Morgan fingerprint density at radius 1 is 1.28 bits per heavy atom. The van der Waals surface area contributed by atoms with Gasteiger partial charge in [0.25, 0.3) is 11.8 Å². The lowest BCUT2D eigenvalue weighted by Gasteiger charge is -2.15. The van der Waals surface area contributed by atoms with Crippen molar-refractivity contribution < 1.29 is 19.1 Å². The van der Waals surface area contributed by atoms with Gasteiger partial charge in [-0.3, -0.25) is 15.0 Å². The number of carbonyl (C=O) groups is 2. The molecule has 2 N–H and O–H groups in total. The van der Waals surface area contributed by atoms with Gasteiger partial charge in [0.05, 0.1) is 16.7 Å². The lowest BCUT2D eigenvalue weighted by Crippen LogP contribution is -2.44. The Bertz CT molecular complexity index is 888. The van der Waals surface area contributed by atoms with E-state index in [-0.39, 0.29) is 15.6 Å². The van der Waals surface area contributed by atoms with Crippen LogP contribution in [0.2, 0.25) is 0 Å². The Morgan fingerprint density at radius 3 is 2.80 bits per heavy atom. The molecule has 1 aromatic heterocycles. The number of carbonyl (C=O) groups excluding carboxylic acids is 2. The predicted octanol–water partition coefficient (Wildman–Crippen LogP) is 3.09. The van der Waals surface area contributed by atoms with Gasteiger partial charge in [-0.15, -0.1) is 0 Å². The zero-order valence-electron chi connectivity index (χ0n) is 12.7. The lowest BCUT2D eigenvalue weighted by molar-refractivity contribution is -0.123. The third-order valence-corrected chi connectivity index (χ3v) is 4.53. The van der Waals surface area contributed by atoms with Gasteiger partial charge in [-0.2, -0.15) is 5.01 Å². The standard InChI is InChI=1S/C17H12N2O4S2/c20-13-8-2-1-7-12(13)15(21)18-19-16(22)14(25-17(19)24)9-3-5-11-6-4-10-23-11/h1-10,20H,(H,18,21)/b5-3+,14-9+. The van der Waals surface area contributed by atoms with Crippen LogP contribution in [0, 0.1) is 0 Å². The molecular formula is C17H12N2O4S2. The van der Waals surface area contributed by atoms with Gasteiger partial charge < -0.3 is 9.52 Å². The smallest absolute Gasteiger partial charge is 0.285 e. The Labute approximate surface area is 152 Å². The van der Waals surface area contributed by atoms with E-state index in [0.29, 0.717) is 10.7 Å². The van der Waals surface area contributed by atoms with Crippen molar-refractivity contribution in [2.24, 2.45) is 0 Å². The molecular weight excluding hydrogens is 360 g/mol. The van der Waals surface area contributed by atoms with Crippen molar-refractivity contribution in [3.63, 3.8) is 0 Å². The minimum Gasteiger partial charge on any atom is -0.507 e. The van der Waals surface area contributed by atoms with E-state index in [9.17, 15) is 14.7 Å². The molecule has 25 heavy (non-hydrogen) atoms. The second-order valence-electron chi connectivity index (χ2n) is 4.87. The summed E-state index contributed by atoms with van der Waals surface area (Å²) < 4.78 is 5.36. The van der Waals surface area contributed by atoms with Crippen LogP contribution < -0.4 is 5.43 Å². The van der Waals surface area contributed by atoms with E-state index in [1.165, 1.54) is 12.1 Å². The molecule has 0 unspecified atom stereocenters. The number of allylic oxidation sites excluding steroid dienone is 2. The van der Waals surface area contributed by atoms with Gasteiger partial charge in [-0.05, 0) is 48.6 Å². The Morgan fingerprint density at radius 2 is 2.08 bits per heavy atom. The number of hydrazine groups is 1. The average Bonchev–Trinajstić information content (AvgIpc) is 3.19. The molecule has 1 fully saturated rings. The summed E-state index contributed by atoms with van der Waals surface area (Å²) >= 11 is 6.20. The van der Waals surface area contributed by atoms with Gasteiger partial charge in [0.1, 0.15) is 11.5 Å². The van der Waals surface area contributed by atoms with Crippen LogP contribution in [0.5, 0.6) is 5.75 Å².